The molecule has 1 N–H and O–H groups in total. The fourth-order valence-corrected chi connectivity index (χ4v) is 1.29. The van der Waals surface area contributed by atoms with Crippen molar-refractivity contribution in [2.24, 2.45) is 12.5 Å². The maximum absolute atomic E-state index is 10.7. The van der Waals surface area contributed by atoms with Gasteiger partial charge in [-0.2, -0.15) is 0 Å². The van der Waals surface area contributed by atoms with Crippen LogP contribution in [0.2, 0.25) is 0 Å². The van der Waals surface area contributed by atoms with Gasteiger partial charge in [0.05, 0.1) is 4.92 Å². The lowest BCUT2D eigenvalue weighted by molar-refractivity contribution is -0.384. The van der Waals surface area contributed by atoms with Crippen LogP contribution in [0.1, 0.15) is 27.2 Å². The van der Waals surface area contributed by atoms with Crippen LogP contribution in [0, 0.1) is 15.5 Å². The highest BCUT2D eigenvalue weighted by molar-refractivity contribution is 5.54. The van der Waals surface area contributed by atoms with Gasteiger partial charge in [0.2, 0.25) is 5.82 Å². The third-order valence-corrected chi connectivity index (χ3v) is 2.17. The smallest absolute Gasteiger partial charge is 0.330 e. The number of rotatable bonds is 4. The van der Waals surface area contributed by atoms with E-state index in [1.54, 1.807) is 7.05 Å². The fourth-order valence-electron chi connectivity index (χ4n) is 1.29. The molecule has 0 fully saturated rings. The third kappa shape index (κ3) is 3.52. The van der Waals surface area contributed by atoms with E-state index < -0.39 is 4.92 Å². The maximum Gasteiger partial charge on any atom is 0.330 e. The average Bonchev–Trinajstić information content (AvgIpc) is 2.44. The summed E-state index contributed by atoms with van der Waals surface area (Å²) in [4.78, 5) is 10.3. The van der Waals surface area contributed by atoms with E-state index in [1.807, 2.05) is 0 Å². The molecule has 6 heteroatoms. The molecular formula is C10H18N4O2. The molecule has 0 aromatic carbocycles. The Bertz CT molecular complexity index is 379. The molecule has 0 spiro atoms. The number of anilines is 1. The lowest BCUT2D eigenvalue weighted by Gasteiger charge is -2.17. The Hall–Kier alpha value is -1.59. The van der Waals surface area contributed by atoms with Crippen LogP contribution in [0.3, 0.4) is 0 Å². The molecule has 0 aliphatic rings. The van der Waals surface area contributed by atoms with Crippen LogP contribution in [0.4, 0.5) is 11.5 Å². The van der Waals surface area contributed by atoms with Crippen molar-refractivity contribution in [3.8, 4) is 0 Å². The highest BCUT2D eigenvalue weighted by atomic mass is 16.6. The molecule has 0 saturated carbocycles. The van der Waals surface area contributed by atoms with E-state index in [9.17, 15) is 10.1 Å². The highest BCUT2D eigenvalue weighted by Gasteiger charge is 2.18. The van der Waals surface area contributed by atoms with Crippen molar-refractivity contribution in [2.75, 3.05) is 11.9 Å². The van der Waals surface area contributed by atoms with Crippen molar-refractivity contribution >= 4 is 11.5 Å². The third-order valence-electron chi connectivity index (χ3n) is 2.17. The minimum absolute atomic E-state index is 0.0245. The normalized spacial score (nSPS) is 11.5. The number of aryl methyl sites for hydroxylation is 1. The molecule has 0 aliphatic carbocycles. The predicted molar refractivity (Wildman–Crippen MR) is 62.4 cm³/mol. The summed E-state index contributed by atoms with van der Waals surface area (Å²) in [5.41, 5.74) is 0.229. The van der Waals surface area contributed by atoms with E-state index >= 15 is 0 Å². The molecule has 16 heavy (non-hydrogen) atoms. The maximum atomic E-state index is 10.7. The summed E-state index contributed by atoms with van der Waals surface area (Å²) < 4.78 is 1.44. The molecule has 0 saturated heterocycles. The Kier molecular flexibility index (Phi) is 3.51. The topological polar surface area (TPSA) is 73.0 Å². The van der Waals surface area contributed by atoms with Crippen molar-refractivity contribution in [1.82, 2.24) is 9.78 Å². The number of hydrogen-bond donors (Lipinski definition) is 1. The number of nitrogens with one attached hydrogen (secondary N) is 1. The number of aromatic nitrogens is 2. The molecule has 1 aromatic rings. The van der Waals surface area contributed by atoms with Crippen molar-refractivity contribution in [1.29, 1.82) is 0 Å². The second kappa shape index (κ2) is 4.51. The van der Waals surface area contributed by atoms with E-state index in [-0.39, 0.29) is 11.1 Å². The van der Waals surface area contributed by atoms with Gasteiger partial charge in [0, 0.05) is 13.6 Å². The summed E-state index contributed by atoms with van der Waals surface area (Å²) in [5, 5.41) is 17.7. The first-order valence-corrected chi connectivity index (χ1v) is 5.21. The Balaban J connectivity index is 2.63. The zero-order chi connectivity index (χ0) is 12.3. The zero-order valence-electron chi connectivity index (χ0n) is 10.1. The van der Waals surface area contributed by atoms with E-state index in [2.05, 4.69) is 31.2 Å². The first-order chi connectivity index (χ1) is 7.29. The second-order valence-corrected chi connectivity index (χ2v) is 5.03. The molecule has 0 radical (unpaired) electrons. The largest absolute Gasteiger partial charge is 0.363 e. The zero-order valence-corrected chi connectivity index (χ0v) is 10.1. The molecule has 6 nitrogen and oxygen atoms in total. The number of hydrogen-bond acceptors (Lipinski definition) is 4. The van der Waals surface area contributed by atoms with E-state index in [1.165, 1.54) is 10.9 Å². The highest BCUT2D eigenvalue weighted by Crippen LogP contribution is 2.23. The number of nitrogens with zero attached hydrogens (tertiary/aromatic N) is 3. The van der Waals surface area contributed by atoms with Gasteiger partial charge in [0.15, 0.2) is 0 Å². The van der Waals surface area contributed by atoms with Crippen LogP contribution in [0.5, 0.6) is 0 Å². The monoisotopic (exact) mass is 226 g/mol. The van der Waals surface area contributed by atoms with E-state index in [0.29, 0.717) is 12.4 Å². The van der Waals surface area contributed by atoms with Gasteiger partial charge in [-0.3, -0.25) is 14.8 Å². The van der Waals surface area contributed by atoms with Gasteiger partial charge in [-0.25, -0.2) is 0 Å². The van der Waals surface area contributed by atoms with Crippen LogP contribution in [-0.4, -0.2) is 21.2 Å². The second-order valence-electron chi connectivity index (χ2n) is 5.03. The summed E-state index contributed by atoms with van der Waals surface area (Å²) in [6.45, 7) is 7.06. The van der Waals surface area contributed by atoms with Gasteiger partial charge >= 0.3 is 5.69 Å². The quantitative estimate of drug-likeness (QED) is 0.630. The van der Waals surface area contributed by atoms with Crippen LogP contribution in [0.25, 0.3) is 0 Å². The molecule has 0 aliphatic heterocycles. The average molecular weight is 226 g/mol. The van der Waals surface area contributed by atoms with Gasteiger partial charge in [0.1, 0.15) is 6.20 Å². The molecule has 0 atom stereocenters. The standard InChI is InChI=1S/C10H18N4O2/c1-10(2,3)5-6-11-9-8(14(15)16)7-13(4)12-9/h7H,5-6H2,1-4H3,(H,11,12). The first-order valence-electron chi connectivity index (χ1n) is 5.21. The Labute approximate surface area is 94.8 Å². The van der Waals surface area contributed by atoms with Crippen LogP contribution in [-0.2, 0) is 7.05 Å². The Morgan fingerprint density at radius 3 is 2.69 bits per heavy atom. The van der Waals surface area contributed by atoms with Crippen LogP contribution >= 0.6 is 0 Å². The lowest BCUT2D eigenvalue weighted by atomic mass is 9.92. The molecule has 0 amide bonds. The van der Waals surface area contributed by atoms with Crippen molar-refractivity contribution in [3.05, 3.63) is 16.3 Å². The summed E-state index contributed by atoms with van der Waals surface area (Å²) in [6.07, 6.45) is 2.33. The van der Waals surface area contributed by atoms with Crippen molar-refractivity contribution in [2.45, 2.75) is 27.2 Å². The number of nitro groups is 1. The molecule has 0 bridgehead atoms. The molecule has 90 valence electrons. The van der Waals surface area contributed by atoms with Crippen LogP contribution in [0.15, 0.2) is 6.20 Å². The summed E-state index contributed by atoms with van der Waals surface area (Å²) >= 11 is 0. The van der Waals surface area contributed by atoms with Gasteiger partial charge < -0.3 is 5.32 Å². The molecular weight excluding hydrogens is 208 g/mol. The van der Waals surface area contributed by atoms with Gasteiger partial charge in [-0.15, -0.1) is 5.10 Å². The molecule has 1 rings (SSSR count). The van der Waals surface area contributed by atoms with E-state index in [4.69, 9.17) is 0 Å². The Morgan fingerprint density at radius 2 is 2.19 bits per heavy atom. The van der Waals surface area contributed by atoms with Crippen molar-refractivity contribution < 1.29 is 4.92 Å². The van der Waals surface area contributed by atoms with Crippen molar-refractivity contribution in [3.63, 3.8) is 0 Å². The van der Waals surface area contributed by atoms with Gasteiger partial charge in [-0.05, 0) is 11.8 Å². The summed E-state index contributed by atoms with van der Waals surface area (Å²) in [6, 6.07) is 0. The SMILES string of the molecule is Cn1cc([N+](=O)[O-])c(NCCC(C)(C)C)n1. The predicted octanol–water partition coefficient (Wildman–Crippen LogP) is 2.18. The summed E-state index contributed by atoms with van der Waals surface area (Å²) in [7, 11) is 1.67. The van der Waals surface area contributed by atoms with Crippen LogP contribution < -0.4 is 5.32 Å². The minimum atomic E-state index is -0.424. The molecule has 1 heterocycles. The minimum Gasteiger partial charge on any atom is -0.363 e. The van der Waals surface area contributed by atoms with Gasteiger partial charge in [0.25, 0.3) is 0 Å². The first kappa shape index (κ1) is 12.5. The Morgan fingerprint density at radius 1 is 1.56 bits per heavy atom. The molecule has 1 aromatic heterocycles. The van der Waals surface area contributed by atoms with Gasteiger partial charge in [-0.1, -0.05) is 20.8 Å². The fraction of sp³-hybridized carbons (Fsp3) is 0.700. The molecule has 0 unspecified atom stereocenters. The van der Waals surface area contributed by atoms with E-state index in [0.717, 1.165) is 6.42 Å². The lowest BCUT2D eigenvalue weighted by Crippen LogP contribution is -2.13. The summed E-state index contributed by atoms with van der Waals surface area (Å²) in [5.74, 6) is 0.344.